The Hall–Kier alpha value is -7.28. The minimum Gasteiger partial charge on any atom is -0.508 e. The van der Waals surface area contributed by atoms with Crippen LogP contribution >= 0.6 is 0 Å². The summed E-state index contributed by atoms with van der Waals surface area (Å²) in [7, 11) is 0. The molecule has 6 rings (SSSR count). The number of hydrogen-bond donors (Lipinski definition) is 6. The number of rotatable bonds is 9. The summed E-state index contributed by atoms with van der Waals surface area (Å²) in [5.74, 6) is -0.837. The standard InChI is InChI=1S/C36H27N7O6/c44-28-13-16-31(34(47)19-28)40-37-22-1-7-25(8-2-22)43(26-9-3-23(4-10-26)38-41-32-17-14-29(45)20-35(32)48)27-11-5-24(6-12-27)39-42-33-18-15-30(46)21-36(33)49/h1-21,44-49H. The molecule has 13 heteroatoms. The van der Waals surface area contributed by atoms with E-state index in [1.807, 2.05) is 41.3 Å². The quantitative estimate of drug-likeness (QED) is 0.0833. The maximum Gasteiger partial charge on any atom is 0.146 e. The maximum absolute atomic E-state index is 10.0. The third kappa shape index (κ3) is 7.76. The molecule has 0 fully saturated rings. The molecule has 0 aromatic heterocycles. The van der Waals surface area contributed by atoms with Crippen LogP contribution in [-0.4, -0.2) is 30.6 Å². The number of benzene rings is 6. The predicted molar refractivity (Wildman–Crippen MR) is 183 cm³/mol. The number of phenolic OH excluding ortho intramolecular Hbond substituents is 6. The highest BCUT2D eigenvalue weighted by Gasteiger charge is 2.13. The molecule has 0 aliphatic heterocycles. The van der Waals surface area contributed by atoms with Gasteiger partial charge in [0.2, 0.25) is 0 Å². The van der Waals surface area contributed by atoms with Gasteiger partial charge in [-0.1, -0.05) is 0 Å². The van der Waals surface area contributed by atoms with Crippen molar-refractivity contribution in [1.29, 1.82) is 0 Å². The fourth-order valence-electron chi connectivity index (χ4n) is 4.58. The number of anilines is 3. The van der Waals surface area contributed by atoms with Gasteiger partial charge in [-0.15, -0.1) is 15.3 Å². The van der Waals surface area contributed by atoms with Crippen molar-refractivity contribution in [3.63, 3.8) is 0 Å². The van der Waals surface area contributed by atoms with Crippen molar-refractivity contribution in [1.82, 2.24) is 0 Å². The lowest BCUT2D eigenvalue weighted by molar-refractivity contribution is 0.450. The van der Waals surface area contributed by atoms with Crippen molar-refractivity contribution < 1.29 is 30.6 Å². The summed E-state index contributed by atoms with van der Waals surface area (Å²) < 4.78 is 0. The van der Waals surface area contributed by atoms with E-state index in [2.05, 4.69) is 30.7 Å². The average molecular weight is 654 g/mol. The molecular formula is C36H27N7O6. The molecule has 0 amide bonds. The smallest absolute Gasteiger partial charge is 0.146 e. The molecule has 0 spiro atoms. The predicted octanol–water partition coefficient (Wildman–Crippen LogP) is 10.6. The van der Waals surface area contributed by atoms with E-state index >= 15 is 0 Å². The zero-order valence-electron chi connectivity index (χ0n) is 25.4. The van der Waals surface area contributed by atoms with E-state index in [0.717, 1.165) is 17.1 Å². The second-order valence-corrected chi connectivity index (χ2v) is 10.5. The molecule has 0 unspecified atom stereocenters. The maximum atomic E-state index is 10.0. The fourth-order valence-corrected chi connectivity index (χ4v) is 4.58. The molecule has 49 heavy (non-hydrogen) atoms. The lowest BCUT2D eigenvalue weighted by Gasteiger charge is -2.25. The first kappa shape index (κ1) is 31.7. The summed E-state index contributed by atoms with van der Waals surface area (Å²) >= 11 is 0. The van der Waals surface area contributed by atoms with Gasteiger partial charge in [0.15, 0.2) is 0 Å². The van der Waals surface area contributed by atoms with Gasteiger partial charge in [-0.2, -0.15) is 15.3 Å². The van der Waals surface area contributed by atoms with Gasteiger partial charge in [0, 0.05) is 35.3 Å². The highest BCUT2D eigenvalue weighted by molar-refractivity contribution is 5.78. The first-order valence-corrected chi connectivity index (χ1v) is 14.6. The van der Waals surface area contributed by atoms with Crippen LogP contribution in [0.25, 0.3) is 0 Å². The summed E-state index contributed by atoms with van der Waals surface area (Å²) in [6.45, 7) is 0. The summed E-state index contributed by atoms with van der Waals surface area (Å²) in [6.07, 6.45) is 0. The van der Waals surface area contributed by atoms with Crippen molar-refractivity contribution in [3.8, 4) is 34.5 Å². The number of aromatic hydroxyl groups is 6. The summed E-state index contributed by atoms with van der Waals surface area (Å²) in [5.41, 5.74) is 4.53. The number of nitrogens with zero attached hydrogens (tertiary/aromatic N) is 7. The SMILES string of the molecule is Oc1ccc(N=Nc2ccc(N(c3ccc(N=Nc4ccc(O)cc4O)cc3)c3ccc(N=Nc4ccc(O)cc4O)cc3)cc2)c(O)c1. The molecule has 6 aromatic carbocycles. The van der Waals surface area contributed by atoms with Gasteiger partial charge in [0.05, 0.1) is 17.1 Å². The van der Waals surface area contributed by atoms with Crippen LogP contribution in [0.5, 0.6) is 34.5 Å². The number of azo groups is 3. The fraction of sp³-hybridized carbons (Fsp3) is 0. The van der Waals surface area contributed by atoms with E-state index in [0.29, 0.717) is 17.1 Å². The van der Waals surface area contributed by atoms with Gasteiger partial charge < -0.3 is 35.5 Å². The summed E-state index contributed by atoms with van der Waals surface area (Å²) in [6, 6.07) is 33.9. The molecule has 6 N–H and O–H groups in total. The van der Waals surface area contributed by atoms with Crippen LogP contribution in [0.2, 0.25) is 0 Å². The second kappa shape index (κ2) is 14.0. The molecule has 0 saturated heterocycles. The third-order valence-corrected chi connectivity index (χ3v) is 7.02. The molecule has 0 aliphatic rings. The van der Waals surface area contributed by atoms with Gasteiger partial charge in [-0.25, -0.2) is 0 Å². The lowest BCUT2D eigenvalue weighted by Crippen LogP contribution is -2.09. The van der Waals surface area contributed by atoms with Gasteiger partial charge in [-0.05, 0) is 109 Å². The van der Waals surface area contributed by atoms with E-state index in [-0.39, 0.29) is 51.6 Å². The first-order valence-electron chi connectivity index (χ1n) is 14.6. The van der Waals surface area contributed by atoms with Crippen molar-refractivity contribution in [2.75, 3.05) is 4.90 Å². The Kier molecular flexibility index (Phi) is 9.06. The Balaban J connectivity index is 1.29. The van der Waals surface area contributed by atoms with Crippen LogP contribution in [0.3, 0.4) is 0 Å². The zero-order chi connectivity index (χ0) is 34.3. The Morgan fingerprint density at radius 1 is 0.306 bits per heavy atom. The molecule has 6 aromatic rings. The number of phenols is 6. The van der Waals surface area contributed by atoms with Crippen LogP contribution in [-0.2, 0) is 0 Å². The Morgan fingerprint density at radius 3 is 0.816 bits per heavy atom. The lowest BCUT2D eigenvalue weighted by atomic mass is 10.1. The largest absolute Gasteiger partial charge is 0.508 e. The monoisotopic (exact) mass is 653 g/mol. The molecule has 0 aliphatic carbocycles. The molecule has 242 valence electrons. The molecule has 0 atom stereocenters. The summed E-state index contributed by atoms with van der Waals surface area (Å²) in [4.78, 5) is 1.98. The van der Waals surface area contributed by atoms with E-state index < -0.39 is 0 Å². The highest BCUT2D eigenvalue weighted by atomic mass is 16.3. The van der Waals surface area contributed by atoms with Gasteiger partial charge >= 0.3 is 0 Å². The second-order valence-electron chi connectivity index (χ2n) is 10.5. The molecule has 0 radical (unpaired) electrons. The van der Waals surface area contributed by atoms with E-state index in [1.165, 1.54) is 54.6 Å². The molecule has 0 saturated carbocycles. The number of hydrogen-bond acceptors (Lipinski definition) is 13. The summed E-state index contributed by atoms with van der Waals surface area (Å²) in [5, 5.41) is 83.5. The topological polar surface area (TPSA) is 199 Å². The molecular weight excluding hydrogens is 626 g/mol. The van der Waals surface area contributed by atoms with Gasteiger partial charge in [0.1, 0.15) is 51.6 Å². The van der Waals surface area contributed by atoms with Gasteiger partial charge in [0.25, 0.3) is 0 Å². The van der Waals surface area contributed by atoms with Crippen LogP contribution in [0, 0.1) is 0 Å². The van der Waals surface area contributed by atoms with Crippen LogP contribution in [0.1, 0.15) is 0 Å². The van der Waals surface area contributed by atoms with E-state index in [1.54, 1.807) is 36.4 Å². The first-order chi connectivity index (χ1) is 23.7. The van der Waals surface area contributed by atoms with Crippen LogP contribution < -0.4 is 4.90 Å². The molecule has 0 bridgehead atoms. The zero-order valence-corrected chi connectivity index (χ0v) is 25.4. The van der Waals surface area contributed by atoms with Crippen molar-refractivity contribution >= 4 is 51.2 Å². The average Bonchev–Trinajstić information content (AvgIpc) is 3.09. The van der Waals surface area contributed by atoms with Crippen molar-refractivity contribution in [3.05, 3.63) is 127 Å². The minimum absolute atomic E-state index is 0.0821. The van der Waals surface area contributed by atoms with E-state index in [4.69, 9.17) is 0 Å². The van der Waals surface area contributed by atoms with Gasteiger partial charge in [-0.3, -0.25) is 0 Å². The Morgan fingerprint density at radius 2 is 0.571 bits per heavy atom. The highest BCUT2D eigenvalue weighted by Crippen LogP contribution is 2.39. The van der Waals surface area contributed by atoms with E-state index in [9.17, 15) is 30.6 Å². The van der Waals surface area contributed by atoms with Crippen LogP contribution in [0.15, 0.2) is 158 Å². The molecule has 0 heterocycles. The Bertz CT molecular complexity index is 1940. The van der Waals surface area contributed by atoms with Crippen molar-refractivity contribution in [2.45, 2.75) is 0 Å². The normalized spacial score (nSPS) is 11.5. The third-order valence-electron chi connectivity index (χ3n) is 7.02. The van der Waals surface area contributed by atoms with Crippen molar-refractivity contribution in [2.24, 2.45) is 30.7 Å². The van der Waals surface area contributed by atoms with Crippen LogP contribution in [0.4, 0.5) is 51.2 Å². The molecule has 13 nitrogen and oxygen atoms in total. The minimum atomic E-state index is -0.197. The Labute approximate surface area is 279 Å².